The van der Waals surface area contributed by atoms with Gasteiger partial charge >= 0.3 is 5.97 Å². The number of aliphatic hydroxyl groups is 1. The fraction of sp³-hybridized carbons (Fsp3) is 0.800. The molecule has 1 heterocycles. The zero-order valence-corrected chi connectivity index (χ0v) is 5.32. The second-order valence-electron chi connectivity index (χ2n) is 2.35. The van der Waals surface area contributed by atoms with Crippen molar-refractivity contribution in [3.05, 3.63) is 0 Å². The van der Waals surface area contributed by atoms with Crippen molar-refractivity contribution in [1.29, 1.82) is 0 Å². The van der Waals surface area contributed by atoms with Crippen molar-refractivity contribution < 1.29 is 20.2 Å². The number of carboxylic acid groups (broad SMARTS) is 1. The van der Waals surface area contributed by atoms with Crippen molar-refractivity contribution in [2.24, 2.45) is 0 Å². The SMILES string of the molecule is O=C(O)C1(O)CCCN1O. The monoisotopic (exact) mass is 147 g/mol. The lowest BCUT2D eigenvalue weighted by Gasteiger charge is -2.22. The number of carbonyl (C=O) groups is 1. The van der Waals surface area contributed by atoms with E-state index in [-0.39, 0.29) is 13.0 Å². The van der Waals surface area contributed by atoms with Crippen LogP contribution in [-0.4, -0.2) is 38.7 Å². The van der Waals surface area contributed by atoms with Crippen LogP contribution >= 0.6 is 0 Å². The lowest BCUT2D eigenvalue weighted by Crippen LogP contribution is -2.48. The van der Waals surface area contributed by atoms with E-state index in [4.69, 9.17) is 15.4 Å². The molecule has 0 amide bonds. The predicted molar refractivity (Wildman–Crippen MR) is 30.3 cm³/mol. The van der Waals surface area contributed by atoms with Crippen LogP contribution in [0.15, 0.2) is 0 Å². The van der Waals surface area contributed by atoms with Crippen molar-refractivity contribution in [1.82, 2.24) is 5.06 Å². The summed E-state index contributed by atoms with van der Waals surface area (Å²) in [6, 6.07) is 0. The van der Waals surface area contributed by atoms with Crippen LogP contribution in [0.2, 0.25) is 0 Å². The first kappa shape index (κ1) is 7.46. The highest BCUT2D eigenvalue weighted by molar-refractivity contribution is 5.76. The molecule has 0 aromatic heterocycles. The van der Waals surface area contributed by atoms with Crippen LogP contribution in [0.25, 0.3) is 0 Å². The molecule has 1 aliphatic rings. The molecule has 0 saturated carbocycles. The van der Waals surface area contributed by atoms with E-state index < -0.39 is 11.7 Å². The van der Waals surface area contributed by atoms with Crippen molar-refractivity contribution in [2.75, 3.05) is 6.54 Å². The highest BCUT2D eigenvalue weighted by atomic mass is 16.6. The molecular weight excluding hydrogens is 138 g/mol. The Morgan fingerprint density at radius 1 is 1.60 bits per heavy atom. The van der Waals surface area contributed by atoms with Crippen LogP contribution in [0.5, 0.6) is 0 Å². The molecule has 0 aromatic rings. The molecule has 10 heavy (non-hydrogen) atoms. The minimum Gasteiger partial charge on any atom is -0.478 e. The number of rotatable bonds is 1. The molecule has 1 fully saturated rings. The lowest BCUT2D eigenvalue weighted by molar-refractivity contribution is -0.243. The van der Waals surface area contributed by atoms with Crippen molar-refractivity contribution in [3.8, 4) is 0 Å². The Morgan fingerprint density at radius 3 is 2.40 bits per heavy atom. The van der Waals surface area contributed by atoms with Gasteiger partial charge in [0.05, 0.1) is 0 Å². The minimum absolute atomic E-state index is 0.0822. The van der Waals surface area contributed by atoms with Gasteiger partial charge in [-0.15, -0.1) is 0 Å². The Morgan fingerprint density at radius 2 is 2.20 bits per heavy atom. The average Bonchev–Trinajstić information content (AvgIpc) is 2.15. The number of hydrogen-bond donors (Lipinski definition) is 3. The van der Waals surface area contributed by atoms with Crippen LogP contribution in [0.1, 0.15) is 12.8 Å². The van der Waals surface area contributed by atoms with Gasteiger partial charge in [0.1, 0.15) is 0 Å². The molecule has 0 aliphatic carbocycles. The molecule has 0 aromatic carbocycles. The van der Waals surface area contributed by atoms with Gasteiger partial charge in [-0.1, -0.05) is 0 Å². The third-order valence-electron chi connectivity index (χ3n) is 1.66. The van der Waals surface area contributed by atoms with E-state index in [1.54, 1.807) is 0 Å². The molecule has 0 bridgehead atoms. The van der Waals surface area contributed by atoms with E-state index >= 15 is 0 Å². The first-order valence-electron chi connectivity index (χ1n) is 2.99. The largest absolute Gasteiger partial charge is 0.478 e. The molecule has 0 radical (unpaired) electrons. The van der Waals surface area contributed by atoms with Gasteiger partial charge in [0, 0.05) is 13.0 Å². The molecule has 1 unspecified atom stereocenters. The average molecular weight is 147 g/mol. The Balaban J connectivity index is 2.75. The zero-order chi connectivity index (χ0) is 7.78. The maximum Gasteiger partial charge on any atom is 0.353 e. The quantitative estimate of drug-likeness (QED) is 0.454. The van der Waals surface area contributed by atoms with Gasteiger partial charge in [-0.25, -0.2) is 4.79 Å². The van der Waals surface area contributed by atoms with Crippen LogP contribution < -0.4 is 0 Å². The summed E-state index contributed by atoms with van der Waals surface area (Å²) in [4.78, 5) is 10.3. The van der Waals surface area contributed by atoms with E-state index in [1.165, 1.54) is 0 Å². The van der Waals surface area contributed by atoms with Crippen molar-refractivity contribution >= 4 is 5.97 Å². The van der Waals surface area contributed by atoms with Crippen molar-refractivity contribution in [3.63, 3.8) is 0 Å². The lowest BCUT2D eigenvalue weighted by atomic mass is 10.2. The third-order valence-corrected chi connectivity index (χ3v) is 1.66. The van der Waals surface area contributed by atoms with Crippen LogP contribution in [0, 0.1) is 0 Å². The van der Waals surface area contributed by atoms with Crippen molar-refractivity contribution in [2.45, 2.75) is 18.6 Å². The van der Waals surface area contributed by atoms with Gasteiger partial charge in [-0.3, -0.25) is 0 Å². The predicted octanol–water partition coefficient (Wildman–Crippen LogP) is -0.755. The first-order chi connectivity index (χ1) is 4.57. The van der Waals surface area contributed by atoms with Gasteiger partial charge in [0.2, 0.25) is 5.72 Å². The zero-order valence-electron chi connectivity index (χ0n) is 5.32. The molecule has 1 atom stereocenters. The Hall–Kier alpha value is -0.650. The Bertz CT molecular complexity index is 160. The molecule has 58 valence electrons. The van der Waals surface area contributed by atoms with E-state index in [1.807, 2.05) is 0 Å². The Kier molecular flexibility index (Phi) is 1.63. The summed E-state index contributed by atoms with van der Waals surface area (Å²) in [6.07, 6.45) is 0.581. The highest BCUT2D eigenvalue weighted by Crippen LogP contribution is 2.24. The standard InChI is InChI=1S/C5H9NO4/c7-4(8)5(9)2-1-3-6(5)10/h9-10H,1-3H2,(H,7,8). The molecule has 5 heteroatoms. The molecular formula is C5H9NO4. The first-order valence-corrected chi connectivity index (χ1v) is 2.99. The summed E-state index contributed by atoms with van der Waals surface area (Å²) in [5, 5.41) is 26.8. The van der Waals surface area contributed by atoms with Gasteiger partial charge in [0.25, 0.3) is 0 Å². The highest BCUT2D eigenvalue weighted by Gasteiger charge is 2.45. The summed E-state index contributed by atoms with van der Waals surface area (Å²) >= 11 is 0. The smallest absolute Gasteiger partial charge is 0.353 e. The topological polar surface area (TPSA) is 81.0 Å². The third kappa shape index (κ3) is 0.880. The maximum atomic E-state index is 10.3. The summed E-state index contributed by atoms with van der Waals surface area (Å²) in [5.74, 6) is -1.40. The normalized spacial score (nSPS) is 34.6. The summed E-state index contributed by atoms with van der Waals surface area (Å²) in [7, 11) is 0. The number of carboxylic acids is 1. The molecule has 1 aliphatic heterocycles. The van der Waals surface area contributed by atoms with Gasteiger partial charge in [-0.2, -0.15) is 5.06 Å². The fourth-order valence-electron chi connectivity index (χ4n) is 1.01. The van der Waals surface area contributed by atoms with E-state index in [9.17, 15) is 4.79 Å². The summed E-state index contributed by atoms with van der Waals surface area (Å²) in [5.41, 5.74) is -2.04. The van der Waals surface area contributed by atoms with E-state index in [0.717, 1.165) is 0 Å². The van der Waals surface area contributed by atoms with Gasteiger partial charge < -0.3 is 15.4 Å². The molecule has 5 nitrogen and oxygen atoms in total. The molecule has 0 spiro atoms. The Labute approximate surface area is 57.5 Å². The molecule has 1 saturated heterocycles. The van der Waals surface area contributed by atoms with Crippen LogP contribution in [-0.2, 0) is 4.79 Å². The summed E-state index contributed by atoms with van der Waals surface area (Å²) in [6.45, 7) is 0.211. The van der Waals surface area contributed by atoms with Gasteiger partial charge in [-0.05, 0) is 6.42 Å². The summed E-state index contributed by atoms with van der Waals surface area (Å²) < 4.78 is 0. The number of nitrogens with zero attached hydrogens (tertiary/aromatic N) is 1. The number of hydrogen-bond acceptors (Lipinski definition) is 4. The number of hydroxylamine groups is 2. The fourth-order valence-corrected chi connectivity index (χ4v) is 1.01. The number of aliphatic carboxylic acids is 1. The van der Waals surface area contributed by atoms with Crippen LogP contribution in [0.4, 0.5) is 0 Å². The second-order valence-corrected chi connectivity index (χ2v) is 2.35. The molecule has 1 rings (SSSR count). The second kappa shape index (κ2) is 2.19. The minimum atomic E-state index is -2.04. The maximum absolute atomic E-state index is 10.3. The van der Waals surface area contributed by atoms with E-state index in [0.29, 0.717) is 11.5 Å². The van der Waals surface area contributed by atoms with Gasteiger partial charge in [0.15, 0.2) is 0 Å². The van der Waals surface area contributed by atoms with E-state index in [2.05, 4.69) is 0 Å². The molecule has 3 N–H and O–H groups in total. The van der Waals surface area contributed by atoms with Crippen LogP contribution in [0.3, 0.4) is 0 Å².